The Balaban J connectivity index is 3.30. The van der Waals surface area contributed by atoms with Gasteiger partial charge in [-0.15, -0.1) is 0 Å². The molecule has 0 radical (unpaired) electrons. The number of carbonyl (C=O) groups is 2. The molecule has 0 fully saturated rings. The number of ether oxygens (including phenoxy) is 2. The van der Waals surface area contributed by atoms with Crippen LogP contribution in [0, 0.1) is 5.82 Å². The van der Waals surface area contributed by atoms with Gasteiger partial charge in [-0.1, -0.05) is 0 Å². The summed E-state index contributed by atoms with van der Waals surface area (Å²) in [5.41, 5.74) is -0.609. The molecule has 0 atom stereocenters. The van der Waals surface area contributed by atoms with E-state index in [9.17, 15) is 22.4 Å². The Morgan fingerprint density at radius 1 is 1.26 bits per heavy atom. The highest BCUT2D eigenvalue weighted by Gasteiger charge is 2.19. The third kappa shape index (κ3) is 5.03. The zero-order valence-corrected chi connectivity index (χ0v) is 14.7. The van der Waals surface area contributed by atoms with Crippen LogP contribution in [0.1, 0.15) is 0 Å². The second-order valence-electron chi connectivity index (χ2n) is 4.23. The first-order chi connectivity index (χ1) is 10.6. The first-order valence-corrected chi connectivity index (χ1v) is 8.62. The lowest BCUT2D eigenvalue weighted by Crippen LogP contribution is -2.16. The molecular weight excluding hydrogens is 397 g/mol. The molecule has 0 unspecified atom stereocenters. The quantitative estimate of drug-likeness (QED) is 0.582. The summed E-state index contributed by atoms with van der Waals surface area (Å²) in [6.07, 6.45) is 1.71. The van der Waals surface area contributed by atoms with Crippen molar-refractivity contribution in [1.82, 2.24) is 0 Å². The second kappa shape index (κ2) is 7.55. The Hall–Kier alpha value is -1.94. The van der Waals surface area contributed by atoms with Crippen molar-refractivity contribution in [2.45, 2.75) is 4.90 Å². The predicted molar refractivity (Wildman–Crippen MR) is 82.9 cm³/mol. The molecule has 0 spiro atoms. The van der Waals surface area contributed by atoms with Crippen molar-refractivity contribution >= 4 is 43.4 Å². The number of rotatable bonds is 5. The SMILES string of the molecule is COC(=O)/C=C(/Nc1cc(Br)c(S(C)(=O)=O)cc1F)C(=O)OC. The summed E-state index contributed by atoms with van der Waals surface area (Å²) < 4.78 is 46.0. The van der Waals surface area contributed by atoms with Crippen LogP contribution in [0.25, 0.3) is 0 Å². The lowest BCUT2D eigenvalue weighted by molar-refractivity contribution is -0.138. The van der Waals surface area contributed by atoms with Gasteiger partial charge >= 0.3 is 11.9 Å². The number of methoxy groups -OCH3 is 2. The van der Waals surface area contributed by atoms with Crippen molar-refractivity contribution in [2.75, 3.05) is 25.8 Å². The van der Waals surface area contributed by atoms with Crippen molar-refractivity contribution in [2.24, 2.45) is 0 Å². The number of esters is 2. The van der Waals surface area contributed by atoms with Crippen LogP contribution in [0.4, 0.5) is 10.1 Å². The first-order valence-electron chi connectivity index (χ1n) is 5.94. The molecule has 23 heavy (non-hydrogen) atoms. The Morgan fingerprint density at radius 3 is 2.35 bits per heavy atom. The summed E-state index contributed by atoms with van der Waals surface area (Å²) in [6, 6.07) is 1.91. The minimum Gasteiger partial charge on any atom is -0.466 e. The van der Waals surface area contributed by atoms with Crippen molar-refractivity contribution in [3.8, 4) is 0 Å². The van der Waals surface area contributed by atoms with Crippen LogP contribution in [-0.2, 0) is 28.9 Å². The number of benzene rings is 1. The maximum atomic E-state index is 14.1. The van der Waals surface area contributed by atoms with Gasteiger partial charge in [0.05, 0.1) is 30.9 Å². The van der Waals surface area contributed by atoms with Gasteiger partial charge in [0.2, 0.25) is 0 Å². The van der Waals surface area contributed by atoms with Gasteiger partial charge in [0.1, 0.15) is 11.5 Å². The van der Waals surface area contributed by atoms with Gasteiger partial charge < -0.3 is 14.8 Å². The van der Waals surface area contributed by atoms with Crippen molar-refractivity contribution in [1.29, 1.82) is 0 Å². The number of halogens is 2. The maximum absolute atomic E-state index is 14.1. The Bertz CT molecular complexity index is 775. The minimum absolute atomic E-state index is 0.0891. The average Bonchev–Trinajstić information content (AvgIpc) is 2.47. The Labute approximate surface area is 140 Å². The standard InChI is InChI=1S/C13H13BrFNO6S/c1-21-12(17)6-10(13(18)22-2)16-9-4-7(14)11(5-8(9)15)23(3,19)20/h4-6,16H,1-3H3/b10-6+. The van der Waals surface area contributed by atoms with E-state index in [4.69, 9.17) is 0 Å². The summed E-state index contributed by atoms with van der Waals surface area (Å²) >= 11 is 3.01. The lowest BCUT2D eigenvalue weighted by Gasteiger charge is -2.12. The largest absolute Gasteiger partial charge is 0.466 e. The van der Waals surface area contributed by atoms with E-state index in [1.165, 1.54) is 0 Å². The monoisotopic (exact) mass is 409 g/mol. The molecule has 1 aromatic carbocycles. The van der Waals surface area contributed by atoms with E-state index in [0.717, 1.165) is 38.7 Å². The van der Waals surface area contributed by atoms with E-state index in [2.05, 4.69) is 30.7 Å². The zero-order valence-electron chi connectivity index (χ0n) is 12.3. The van der Waals surface area contributed by atoms with Gasteiger partial charge in [-0.3, -0.25) is 0 Å². The van der Waals surface area contributed by atoms with Crippen LogP contribution in [-0.4, -0.2) is 40.8 Å². The van der Waals surface area contributed by atoms with E-state index in [1.807, 2.05) is 0 Å². The van der Waals surface area contributed by atoms with Crippen molar-refractivity contribution < 1.29 is 31.9 Å². The molecule has 1 N–H and O–H groups in total. The number of sulfone groups is 1. The van der Waals surface area contributed by atoms with Crippen LogP contribution in [0.3, 0.4) is 0 Å². The molecule has 1 aromatic rings. The molecular formula is C13H13BrFNO6S. The number of hydrogen-bond acceptors (Lipinski definition) is 7. The molecule has 0 saturated carbocycles. The molecule has 0 aliphatic rings. The zero-order chi connectivity index (χ0) is 17.8. The van der Waals surface area contributed by atoms with Crippen molar-refractivity contribution in [3.05, 3.63) is 34.2 Å². The Morgan fingerprint density at radius 2 is 1.87 bits per heavy atom. The average molecular weight is 410 g/mol. The predicted octanol–water partition coefficient (Wildman–Crippen LogP) is 1.63. The summed E-state index contributed by atoms with van der Waals surface area (Å²) in [4.78, 5) is 22.6. The van der Waals surface area contributed by atoms with Gasteiger partial charge in [0.15, 0.2) is 9.84 Å². The fourth-order valence-electron chi connectivity index (χ4n) is 1.49. The number of carbonyl (C=O) groups excluding carboxylic acids is 2. The van der Waals surface area contributed by atoms with E-state index < -0.39 is 27.6 Å². The third-order valence-electron chi connectivity index (χ3n) is 2.56. The highest BCUT2D eigenvalue weighted by molar-refractivity contribution is 9.10. The van der Waals surface area contributed by atoms with Gasteiger partial charge in [0, 0.05) is 10.7 Å². The fraction of sp³-hybridized carbons (Fsp3) is 0.231. The number of hydrogen-bond donors (Lipinski definition) is 1. The van der Waals surface area contributed by atoms with E-state index in [0.29, 0.717) is 0 Å². The smallest absolute Gasteiger partial charge is 0.354 e. The summed E-state index contributed by atoms with van der Waals surface area (Å²) in [6.45, 7) is 0. The summed E-state index contributed by atoms with van der Waals surface area (Å²) in [7, 11) is -1.46. The molecule has 10 heteroatoms. The molecule has 0 aliphatic carbocycles. The normalized spacial score (nSPS) is 11.8. The first kappa shape index (κ1) is 19.1. The fourth-order valence-corrected chi connectivity index (χ4v) is 3.44. The molecule has 0 bridgehead atoms. The molecule has 0 heterocycles. The van der Waals surface area contributed by atoms with Gasteiger partial charge in [-0.25, -0.2) is 22.4 Å². The van der Waals surface area contributed by atoms with Crippen molar-refractivity contribution in [3.63, 3.8) is 0 Å². The molecule has 126 valence electrons. The topological polar surface area (TPSA) is 98.8 Å². The van der Waals surface area contributed by atoms with E-state index >= 15 is 0 Å². The van der Waals surface area contributed by atoms with Crippen LogP contribution in [0.15, 0.2) is 33.3 Å². The van der Waals surface area contributed by atoms with Crippen LogP contribution < -0.4 is 5.32 Å². The van der Waals surface area contributed by atoms with E-state index in [-0.39, 0.29) is 20.8 Å². The molecule has 7 nitrogen and oxygen atoms in total. The highest BCUT2D eigenvalue weighted by atomic mass is 79.9. The summed E-state index contributed by atoms with van der Waals surface area (Å²) in [5.74, 6) is -2.73. The molecule has 0 saturated heterocycles. The highest BCUT2D eigenvalue weighted by Crippen LogP contribution is 2.29. The van der Waals surface area contributed by atoms with Gasteiger partial charge in [-0.05, 0) is 28.1 Å². The lowest BCUT2D eigenvalue weighted by atomic mass is 10.2. The number of nitrogens with one attached hydrogen (secondary N) is 1. The second-order valence-corrected chi connectivity index (χ2v) is 7.07. The Kier molecular flexibility index (Phi) is 6.28. The van der Waals surface area contributed by atoms with Gasteiger partial charge in [0.25, 0.3) is 0 Å². The number of anilines is 1. The molecule has 0 aliphatic heterocycles. The molecule has 0 amide bonds. The van der Waals surface area contributed by atoms with Crippen LogP contribution >= 0.6 is 15.9 Å². The van der Waals surface area contributed by atoms with Crippen LogP contribution in [0.5, 0.6) is 0 Å². The maximum Gasteiger partial charge on any atom is 0.354 e. The molecule has 0 aromatic heterocycles. The third-order valence-corrected chi connectivity index (χ3v) is 4.61. The summed E-state index contributed by atoms with van der Waals surface area (Å²) in [5, 5.41) is 2.37. The minimum atomic E-state index is -3.64. The van der Waals surface area contributed by atoms with Gasteiger partial charge in [-0.2, -0.15) is 0 Å². The van der Waals surface area contributed by atoms with Crippen LogP contribution in [0.2, 0.25) is 0 Å². The van der Waals surface area contributed by atoms with E-state index in [1.54, 1.807) is 0 Å². The molecule has 1 rings (SSSR count).